The fourth-order valence-electron chi connectivity index (χ4n) is 3.90. The van der Waals surface area contributed by atoms with Crippen LogP contribution in [0.3, 0.4) is 0 Å². The normalized spacial score (nSPS) is 11.0. The van der Waals surface area contributed by atoms with Gasteiger partial charge >= 0.3 is 0 Å². The van der Waals surface area contributed by atoms with E-state index in [1.165, 1.54) is 33.4 Å². The number of aryl methyl sites for hydroxylation is 4. The first kappa shape index (κ1) is 19.4. The van der Waals surface area contributed by atoms with Crippen molar-refractivity contribution in [1.82, 2.24) is 0 Å². The van der Waals surface area contributed by atoms with Crippen molar-refractivity contribution in [2.45, 2.75) is 72.6 Å². The highest BCUT2D eigenvalue weighted by atomic mass is 14.5. The highest BCUT2D eigenvalue weighted by Crippen LogP contribution is 2.29. The van der Waals surface area contributed by atoms with Crippen molar-refractivity contribution < 1.29 is 0 Å². The molecule has 136 valence electrons. The van der Waals surface area contributed by atoms with E-state index in [0.717, 1.165) is 56.3 Å². The average molecular weight is 339 g/mol. The average Bonchev–Trinajstić information content (AvgIpc) is 2.58. The van der Waals surface area contributed by atoms with Gasteiger partial charge in [-0.2, -0.15) is 0 Å². The number of hydrogen-bond acceptors (Lipinski definition) is 2. The minimum atomic E-state index is 0.886. The molecule has 0 spiro atoms. The highest BCUT2D eigenvalue weighted by molar-refractivity contribution is 5.55. The van der Waals surface area contributed by atoms with Gasteiger partial charge < -0.3 is 11.5 Å². The molecule has 4 N–H and O–H groups in total. The molecule has 0 bridgehead atoms. The lowest BCUT2D eigenvalue weighted by molar-refractivity contribution is 0.862. The molecule has 0 saturated carbocycles. The zero-order chi connectivity index (χ0) is 18.4. The van der Waals surface area contributed by atoms with Crippen molar-refractivity contribution in [3.8, 4) is 0 Å². The summed E-state index contributed by atoms with van der Waals surface area (Å²) in [5.74, 6) is 0. The molecule has 0 unspecified atom stereocenters. The van der Waals surface area contributed by atoms with E-state index < -0.39 is 0 Å². The first-order chi connectivity index (χ1) is 12.0. The molecule has 2 heteroatoms. The van der Waals surface area contributed by atoms with Crippen LogP contribution in [0.4, 0.5) is 11.4 Å². The molecule has 2 aromatic carbocycles. The molecule has 2 aromatic rings. The lowest BCUT2D eigenvalue weighted by Crippen LogP contribution is -2.08. The molecule has 2 rings (SSSR count). The van der Waals surface area contributed by atoms with Crippen molar-refractivity contribution in [3.63, 3.8) is 0 Å². The summed E-state index contributed by atoms with van der Waals surface area (Å²) in [6.45, 7) is 8.93. The smallest absolute Gasteiger partial charge is 0.0319 e. The quantitative estimate of drug-likeness (QED) is 0.627. The van der Waals surface area contributed by atoms with Crippen LogP contribution >= 0.6 is 0 Å². The lowest BCUT2D eigenvalue weighted by Gasteiger charge is -2.20. The Balaban J connectivity index is 2.59. The van der Waals surface area contributed by atoms with Crippen LogP contribution in [-0.2, 0) is 32.1 Å². The summed E-state index contributed by atoms with van der Waals surface area (Å²) in [6.07, 6.45) is 7.51. The maximum atomic E-state index is 6.20. The van der Waals surface area contributed by atoms with E-state index in [0.29, 0.717) is 0 Å². The Morgan fingerprint density at radius 1 is 0.600 bits per heavy atom. The van der Waals surface area contributed by atoms with Crippen molar-refractivity contribution in [2.24, 2.45) is 0 Å². The van der Waals surface area contributed by atoms with Crippen LogP contribution < -0.4 is 11.5 Å². The Hall–Kier alpha value is -1.96. The van der Waals surface area contributed by atoms with E-state index in [4.69, 9.17) is 11.5 Å². The molecule has 0 fully saturated rings. The van der Waals surface area contributed by atoms with Gasteiger partial charge in [0.15, 0.2) is 0 Å². The zero-order valence-electron chi connectivity index (χ0n) is 16.4. The molecule has 0 amide bonds. The third kappa shape index (κ3) is 4.56. The summed E-state index contributed by atoms with van der Waals surface area (Å²) in [7, 11) is 0. The van der Waals surface area contributed by atoms with Gasteiger partial charge in [0.1, 0.15) is 0 Å². The maximum absolute atomic E-state index is 6.20. The van der Waals surface area contributed by atoms with E-state index in [1.54, 1.807) is 0 Å². The van der Waals surface area contributed by atoms with Gasteiger partial charge in [-0.1, -0.05) is 40.5 Å². The minimum Gasteiger partial charge on any atom is -0.399 e. The van der Waals surface area contributed by atoms with E-state index >= 15 is 0 Å². The van der Waals surface area contributed by atoms with Crippen LogP contribution in [-0.4, -0.2) is 0 Å². The Morgan fingerprint density at radius 3 is 1.32 bits per heavy atom. The second-order valence-corrected chi connectivity index (χ2v) is 7.02. The SMILES string of the molecule is CCCc1cc(N)cc(CCC)c1Cc1c(CC)cc(N)cc1CC. The van der Waals surface area contributed by atoms with Crippen molar-refractivity contribution in [3.05, 3.63) is 57.6 Å². The summed E-state index contributed by atoms with van der Waals surface area (Å²) >= 11 is 0. The standard InChI is InChI=1S/C23H34N2/c1-5-9-18-13-21(25)14-19(10-6-2)23(18)15-22-16(7-3)11-20(24)12-17(22)8-4/h11-14H,5-10,15,24-25H2,1-4H3. The number of hydrogen-bond donors (Lipinski definition) is 2. The molecule has 0 aliphatic carbocycles. The van der Waals surface area contributed by atoms with E-state index in [1.807, 2.05) is 0 Å². The summed E-state index contributed by atoms with van der Waals surface area (Å²) in [4.78, 5) is 0. The van der Waals surface area contributed by atoms with Crippen molar-refractivity contribution in [1.29, 1.82) is 0 Å². The van der Waals surface area contributed by atoms with E-state index in [9.17, 15) is 0 Å². The molecule has 25 heavy (non-hydrogen) atoms. The predicted molar refractivity (Wildman–Crippen MR) is 111 cm³/mol. The maximum Gasteiger partial charge on any atom is 0.0319 e. The molecule has 0 atom stereocenters. The van der Waals surface area contributed by atoms with Crippen molar-refractivity contribution in [2.75, 3.05) is 11.5 Å². The number of benzene rings is 2. The van der Waals surface area contributed by atoms with Gasteiger partial charge in [0.2, 0.25) is 0 Å². The monoisotopic (exact) mass is 338 g/mol. The van der Waals surface area contributed by atoms with Gasteiger partial charge in [-0.3, -0.25) is 0 Å². The third-order valence-corrected chi connectivity index (χ3v) is 5.07. The Bertz CT molecular complexity index is 664. The Labute approximate surface area is 153 Å². The summed E-state index contributed by atoms with van der Waals surface area (Å²) < 4.78 is 0. The molecule has 0 aliphatic rings. The number of anilines is 2. The topological polar surface area (TPSA) is 52.0 Å². The second-order valence-electron chi connectivity index (χ2n) is 7.02. The molecule has 0 radical (unpaired) electrons. The molecule has 0 saturated heterocycles. The van der Waals surface area contributed by atoms with Gasteiger partial charge in [0, 0.05) is 11.4 Å². The summed E-state index contributed by atoms with van der Waals surface area (Å²) in [5, 5.41) is 0. The van der Waals surface area contributed by atoms with Gasteiger partial charge in [0.05, 0.1) is 0 Å². The van der Waals surface area contributed by atoms with Crippen LogP contribution in [0.25, 0.3) is 0 Å². The van der Waals surface area contributed by atoms with Crippen LogP contribution in [0.2, 0.25) is 0 Å². The number of rotatable bonds is 8. The molecule has 2 nitrogen and oxygen atoms in total. The Morgan fingerprint density at radius 2 is 0.960 bits per heavy atom. The highest BCUT2D eigenvalue weighted by Gasteiger charge is 2.15. The van der Waals surface area contributed by atoms with Crippen molar-refractivity contribution >= 4 is 11.4 Å². The van der Waals surface area contributed by atoms with Gasteiger partial charge in [-0.15, -0.1) is 0 Å². The van der Waals surface area contributed by atoms with Crippen LogP contribution in [0.5, 0.6) is 0 Å². The Kier molecular flexibility index (Phi) is 6.92. The fraction of sp³-hybridized carbons (Fsp3) is 0.478. The molecule has 0 aliphatic heterocycles. The van der Waals surface area contributed by atoms with Crippen LogP contribution in [0, 0.1) is 0 Å². The van der Waals surface area contributed by atoms with Gasteiger partial charge in [-0.25, -0.2) is 0 Å². The minimum absolute atomic E-state index is 0.886. The summed E-state index contributed by atoms with van der Waals surface area (Å²) in [6, 6.07) is 8.69. The van der Waals surface area contributed by atoms with Crippen LogP contribution in [0.1, 0.15) is 73.9 Å². The molecule has 0 aromatic heterocycles. The number of nitrogen functional groups attached to an aromatic ring is 2. The summed E-state index contributed by atoms with van der Waals surface area (Å²) in [5.41, 5.74) is 22.7. The van der Waals surface area contributed by atoms with E-state index in [2.05, 4.69) is 52.0 Å². The largest absolute Gasteiger partial charge is 0.399 e. The first-order valence-corrected chi connectivity index (χ1v) is 9.84. The number of nitrogens with two attached hydrogens (primary N) is 2. The molecular weight excluding hydrogens is 304 g/mol. The lowest BCUT2D eigenvalue weighted by atomic mass is 9.86. The van der Waals surface area contributed by atoms with E-state index in [-0.39, 0.29) is 0 Å². The van der Waals surface area contributed by atoms with Crippen LogP contribution in [0.15, 0.2) is 24.3 Å². The predicted octanol–water partition coefficient (Wildman–Crippen LogP) is 5.47. The first-order valence-electron chi connectivity index (χ1n) is 9.84. The third-order valence-electron chi connectivity index (χ3n) is 5.07. The molecular formula is C23H34N2. The zero-order valence-corrected chi connectivity index (χ0v) is 16.4. The fourth-order valence-corrected chi connectivity index (χ4v) is 3.90. The van der Waals surface area contributed by atoms with Gasteiger partial charge in [-0.05, 0) is 89.8 Å². The van der Waals surface area contributed by atoms with Gasteiger partial charge in [0.25, 0.3) is 0 Å². The molecule has 0 heterocycles. The second kappa shape index (κ2) is 8.94.